The number of rotatable bonds is 3. The highest BCUT2D eigenvalue weighted by Gasteiger charge is 2.43. The maximum absolute atomic E-state index is 5.21. The van der Waals surface area contributed by atoms with Crippen LogP contribution in [-0.4, -0.2) is 31.6 Å². The van der Waals surface area contributed by atoms with Gasteiger partial charge in [-0.2, -0.15) is 0 Å². The summed E-state index contributed by atoms with van der Waals surface area (Å²) in [6, 6.07) is 8.24. The molecular weight excluding hydrogens is 274 g/mol. The number of nitrogens with one attached hydrogen (secondary N) is 2. The second-order valence-electron chi connectivity index (χ2n) is 6.48. The fourth-order valence-electron chi connectivity index (χ4n) is 3.78. The Balaban J connectivity index is 1.70. The number of nitrogens with zero attached hydrogens (tertiary/aromatic N) is 1. The standard InChI is InChI=1S/C18H27N3O/c1-14-5-3-4-10-18(14)17(19-11-12-21-18)20-13-15-6-8-16(22-2)9-7-15/h6-9,14,21H,3-5,10-13H2,1-2H3,(H,19,20). The van der Waals surface area contributed by atoms with Gasteiger partial charge in [0, 0.05) is 13.1 Å². The molecule has 2 unspecified atom stereocenters. The molecular formula is C18H27N3O. The van der Waals surface area contributed by atoms with Crippen LogP contribution in [0.5, 0.6) is 5.75 Å². The van der Waals surface area contributed by atoms with E-state index in [0.29, 0.717) is 5.92 Å². The first-order valence-corrected chi connectivity index (χ1v) is 8.41. The lowest BCUT2D eigenvalue weighted by Gasteiger charge is -2.46. The quantitative estimate of drug-likeness (QED) is 0.902. The molecule has 1 saturated carbocycles. The average molecular weight is 301 g/mol. The lowest BCUT2D eigenvalue weighted by Crippen LogP contribution is -2.64. The zero-order valence-corrected chi connectivity index (χ0v) is 13.7. The molecule has 2 N–H and O–H groups in total. The summed E-state index contributed by atoms with van der Waals surface area (Å²) in [5.74, 6) is 2.71. The van der Waals surface area contributed by atoms with Gasteiger partial charge >= 0.3 is 0 Å². The van der Waals surface area contributed by atoms with Gasteiger partial charge in [0.15, 0.2) is 0 Å². The van der Waals surface area contributed by atoms with Gasteiger partial charge in [-0.15, -0.1) is 0 Å². The van der Waals surface area contributed by atoms with Crippen LogP contribution in [0.25, 0.3) is 0 Å². The van der Waals surface area contributed by atoms with E-state index in [1.165, 1.54) is 37.1 Å². The smallest absolute Gasteiger partial charge is 0.118 e. The Labute approximate surface area is 133 Å². The average Bonchev–Trinajstić information content (AvgIpc) is 2.57. The molecule has 0 saturated heterocycles. The Kier molecular flexibility index (Phi) is 4.67. The molecule has 120 valence electrons. The zero-order valence-electron chi connectivity index (χ0n) is 13.7. The van der Waals surface area contributed by atoms with Gasteiger partial charge in [-0.25, -0.2) is 0 Å². The van der Waals surface area contributed by atoms with E-state index in [2.05, 4.69) is 29.7 Å². The summed E-state index contributed by atoms with van der Waals surface area (Å²) >= 11 is 0. The Morgan fingerprint density at radius 1 is 1.32 bits per heavy atom. The second kappa shape index (κ2) is 6.69. The maximum atomic E-state index is 5.21. The fourth-order valence-corrected chi connectivity index (χ4v) is 3.78. The molecule has 1 fully saturated rings. The van der Waals surface area contributed by atoms with Gasteiger partial charge in [0.1, 0.15) is 11.6 Å². The molecule has 0 aromatic heterocycles. The highest BCUT2D eigenvalue weighted by molar-refractivity contribution is 5.92. The largest absolute Gasteiger partial charge is 0.497 e. The van der Waals surface area contributed by atoms with Crippen molar-refractivity contribution < 1.29 is 4.74 Å². The number of hydrogen-bond donors (Lipinski definition) is 2. The van der Waals surface area contributed by atoms with Crippen molar-refractivity contribution in [3.8, 4) is 5.75 Å². The molecule has 1 aromatic rings. The molecule has 4 heteroatoms. The van der Waals surface area contributed by atoms with Gasteiger partial charge in [-0.05, 0) is 36.5 Å². The van der Waals surface area contributed by atoms with Crippen molar-refractivity contribution in [1.29, 1.82) is 0 Å². The van der Waals surface area contributed by atoms with Crippen molar-refractivity contribution in [2.45, 2.75) is 44.7 Å². The molecule has 0 bridgehead atoms. The number of benzene rings is 1. The van der Waals surface area contributed by atoms with E-state index >= 15 is 0 Å². The normalized spacial score (nSPS) is 28.3. The van der Waals surface area contributed by atoms with Crippen LogP contribution in [-0.2, 0) is 6.54 Å². The maximum Gasteiger partial charge on any atom is 0.118 e. The van der Waals surface area contributed by atoms with Crippen molar-refractivity contribution in [3.63, 3.8) is 0 Å². The molecule has 4 nitrogen and oxygen atoms in total. The molecule has 0 radical (unpaired) electrons. The van der Waals surface area contributed by atoms with Crippen molar-refractivity contribution in [1.82, 2.24) is 10.6 Å². The Bertz CT molecular complexity index is 526. The lowest BCUT2D eigenvalue weighted by molar-refractivity contribution is 0.215. The molecule has 2 atom stereocenters. The van der Waals surface area contributed by atoms with Gasteiger partial charge < -0.3 is 15.4 Å². The third kappa shape index (κ3) is 2.98. The van der Waals surface area contributed by atoms with Crippen LogP contribution in [0, 0.1) is 5.92 Å². The first-order chi connectivity index (χ1) is 10.7. The van der Waals surface area contributed by atoms with E-state index in [9.17, 15) is 0 Å². The van der Waals surface area contributed by atoms with Crippen molar-refractivity contribution in [2.24, 2.45) is 10.9 Å². The number of aliphatic imine (C=N–C) groups is 1. The summed E-state index contributed by atoms with van der Waals surface area (Å²) < 4.78 is 5.21. The summed E-state index contributed by atoms with van der Waals surface area (Å²) in [5.41, 5.74) is 1.33. The van der Waals surface area contributed by atoms with Crippen molar-refractivity contribution in [2.75, 3.05) is 20.2 Å². The Morgan fingerprint density at radius 2 is 2.14 bits per heavy atom. The third-order valence-electron chi connectivity index (χ3n) is 5.16. The Morgan fingerprint density at radius 3 is 2.86 bits per heavy atom. The van der Waals surface area contributed by atoms with E-state index in [1.807, 2.05) is 12.1 Å². The van der Waals surface area contributed by atoms with Crippen molar-refractivity contribution >= 4 is 5.84 Å². The first-order valence-electron chi connectivity index (χ1n) is 8.41. The van der Waals surface area contributed by atoms with Crippen LogP contribution in [0.1, 0.15) is 38.2 Å². The molecule has 2 aliphatic rings. The van der Waals surface area contributed by atoms with Crippen LogP contribution in [0.2, 0.25) is 0 Å². The topological polar surface area (TPSA) is 45.6 Å². The minimum absolute atomic E-state index is 0.0724. The Hall–Kier alpha value is -1.55. The monoisotopic (exact) mass is 301 g/mol. The first kappa shape index (κ1) is 15.3. The van der Waals surface area contributed by atoms with Gasteiger partial charge in [0.05, 0.1) is 19.2 Å². The lowest BCUT2D eigenvalue weighted by atomic mass is 9.72. The van der Waals surface area contributed by atoms with Crippen molar-refractivity contribution in [3.05, 3.63) is 29.8 Å². The van der Waals surface area contributed by atoms with Gasteiger partial charge in [-0.3, -0.25) is 4.99 Å². The predicted octanol–water partition coefficient (Wildman–Crippen LogP) is 2.74. The van der Waals surface area contributed by atoms with Crippen LogP contribution < -0.4 is 15.4 Å². The highest BCUT2D eigenvalue weighted by Crippen LogP contribution is 2.35. The number of amidine groups is 1. The predicted molar refractivity (Wildman–Crippen MR) is 90.5 cm³/mol. The van der Waals surface area contributed by atoms with Gasteiger partial charge in [0.25, 0.3) is 0 Å². The summed E-state index contributed by atoms with van der Waals surface area (Å²) in [6.45, 7) is 5.05. The van der Waals surface area contributed by atoms with Crippen LogP contribution >= 0.6 is 0 Å². The SMILES string of the molecule is COc1ccc(CNC2=NCCNC23CCCCC3C)cc1. The van der Waals surface area contributed by atoms with E-state index in [-0.39, 0.29) is 5.54 Å². The van der Waals surface area contributed by atoms with E-state index in [4.69, 9.17) is 9.73 Å². The van der Waals surface area contributed by atoms with Gasteiger partial charge in [-0.1, -0.05) is 31.9 Å². The van der Waals surface area contributed by atoms with E-state index in [1.54, 1.807) is 7.11 Å². The number of ether oxygens (including phenoxy) is 1. The molecule has 1 aromatic carbocycles. The molecule has 1 spiro atoms. The van der Waals surface area contributed by atoms with Crippen LogP contribution in [0.15, 0.2) is 29.3 Å². The molecule has 1 aliphatic heterocycles. The van der Waals surface area contributed by atoms with Crippen LogP contribution in [0.4, 0.5) is 0 Å². The van der Waals surface area contributed by atoms with E-state index in [0.717, 1.165) is 25.4 Å². The number of hydrogen-bond acceptors (Lipinski definition) is 4. The second-order valence-corrected chi connectivity index (χ2v) is 6.48. The minimum atomic E-state index is 0.0724. The van der Waals surface area contributed by atoms with Crippen LogP contribution in [0.3, 0.4) is 0 Å². The summed E-state index contributed by atoms with van der Waals surface area (Å²) in [7, 11) is 1.70. The zero-order chi connectivity index (χ0) is 15.4. The molecule has 22 heavy (non-hydrogen) atoms. The highest BCUT2D eigenvalue weighted by atomic mass is 16.5. The molecule has 1 heterocycles. The minimum Gasteiger partial charge on any atom is -0.497 e. The summed E-state index contributed by atoms with van der Waals surface area (Å²) in [6.07, 6.45) is 5.12. The van der Waals surface area contributed by atoms with Gasteiger partial charge in [0.2, 0.25) is 0 Å². The summed E-state index contributed by atoms with van der Waals surface area (Å²) in [4.78, 5) is 4.82. The third-order valence-corrected chi connectivity index (χ3v) is 5.16. The fraction of sp³-hybridized carbons (Fsp3) is 0.611. The van der Waals surface area contributed by atoms with E-state index < -0.39 is 0 Å². The molecule has 0 amide bonds. The molecule has 1 aliphatic carbocycles. The number of methoxy groups -OCH3 is 1. The summed E-state index contributed by atoms with van der Waals surface area (Å²) in [5, 5.41) is 7.39. The molecule has 3 rings (SSSR count).